The van der Waals surface area contributed by atoms with E-state index in [1.807, 2.05) is 0 Å². The number of non-ortho nitro benzene ring substituents is 1. The summed E-state index contributed by atoms with van der Waals surface area (Å²) >= 11 is 12.1. The van der Waals surface area contributed by atoms with Gasteiger partial charge in [-0.15, -0.1) is 5.10 Å². The minimum atomic E-state index is -0.737. The van der Waals surface area contributed by atoms with Crippen molar-refractivity contribution in [3.63, 3.8) is 0 Å². The van der Waals surface area contributed by atoms with Gasteiger partial charge in [-0.2, -0.15) is 9.78 Å². The number of aromatic nitrogens is 5. The first kappa shape index (κ1) is 21.9. The first-order valence-electron chi connectivity index (χ1n) is 8.93. The van der Waals surface area contributed by atoms with Gasteiger partial charge in [0.25, 0.3) is 11.6 Å². The van der Waals surface area contributed by atoms with Crippen molar-refractivity contribution in [1.29, 1.82) is 0 Å². The second-order valence-corrected chi connectivity index (χ2v) is 7.10. The Balaban J connectivity index is 1.70. The van der Waals surface area contributed by atoms with Crippen LogP contribution in [0.5, 0.6) is 0 Å². The fraction of sp³-hybridized carbons (Fsp3) is 0. The minimum Gasteiger partial charge on any atom is -0.378 e. The molecule has 0 aliphatic carbocycles. The number of hydrogen-bond acceptors (Lipinski definition) is 10. The summed E-state index contributed by atoms with van der Waals surface area (Å²) in [5.74, 6) is -0.869. The van der Waals surface area contributed by atoms with Gasteiger partial charge in [0.1, 0.15) is 5.69 Å². The van der Waals surface area contributed by atoms with Crippen LogP contribution in [0.3, 0.4) is 0 Å². The van der Waals surface area contributed by atoms with Crippen LogP contribution in [0.15, 0.2) is 52.2 Å². The van der Waals surface area contributed by atoms with Crippen LogP contribution in [0.25, 0.3) is 17.1 Å². The number of halogens is 2. The van der Waals surface area contributed by atoms with E-state index >= 15 is 0 Å². The molecular weight excluding hydrogens is 477 g/mol. The number of hydrazone groups is 1. The number of benzene rings is 2. The van der Waals surface area contributed by atoms with Crippen LogP contribution < -0.4 is 11.2 Å². The number of amides is 1. The van der Waals surface area contributed by atoms with Crippen LogP contribution >= 0.6 is 23.2 Å². The monoisotopic (exact) mass is 487 g/mol. The highest BCUT2D eigenvalue weighted by Crippen LogP contribution is 2.28. The molecule has 13 nitrogen and oxygen atoms in total. The molecule has 2 aromatic carbocycles. The van der Waals surface area contributed by atoms with Gasteiger partial charge in [-0.05, 0) is 28.5 Å². The lowest BCUT2D eigenvalue weighted by Gasteiger charge is -2.06. The molecule has 0 bridgehead atoms. The highest BCUT2D eigenvalue weighted by atomic mass is 35.5. The Labute approximate surface area is 193 Å². The maximum Gasteiger partial charge on any atom is 0.294 e. The molecule has 4 aromatic rings. The fourth-order valence-corrected chi connectivity index (χ4v) is 3.11. The van der Waals surface area contributed by atoms with Gasteiger partial charge < -0.3 is 5.73 Å². The third-order valence-electron chi connectivity index (χ3n) is 4.28. The summed E-state index contributed by atoms with van der Waals surface area (Å²) in [6, 6.07) is 10.3. The molecule has 2 heterocycles. The molecule has 0 atom stereocenters. The zero-order chi connectivity index (χ0) is 23.5. The Morgan fingerprint density at radius 2 is 1.97 bits per heavy atom. The molecule has 33 heavy (non-hydrogen) atoms. The van der Waals surface area contributed by atoms with Crippen molar-refractivity contribution < 1.29 is 14.3 Å². The first-order chi connectivity index (χ1) is 15.9. The molecule has 0 radical (unpaired) electrons. The Bertz CT molecular complexity index is 1380. The van der Waals surface area contributed by atoms with E-state index in [0.717, 1.165) is 4.68 Å². The third-order valence-corrected chi connectivity index (χ3v) is 5.12. The Kier molecular flexibility index (Phi) is 5.97. The number of nitro groups is 1. The summed E-state index contributed by atoms with van der Waals surface area (Å²) in [6.07, 6.45) is 1.31. The van der Waals surface area contributed by atoms with E-state index in [-0.39, 0.29) is 33.7 Å². The fourth-order valence-electron chi connectivity index (χ4n) is 2.75. The van der Waals surface area contributed by atoms with Gasteiger partial charge in [-0.25, -0.2) is 10.1 Å². The molecule has 0 saturated carbocycles. The van der Waals surface area contributed by atoms with Crippen molar-refractivity contribution in [1.82, 2.24) is 30.7 Å². The number of nitrogens with two attached hydrogens (primary N) is 1. The Hall–Kier alpha value is -4.36. The minimum absolute atomic E-state index is 0.0240. The summed E-state index contributed by atoms with van der Waals surface area (Å²) in [6.45, 7) is 0. The number of anilines is 1. The zero-order valence-corrected chi connectivity index (χ0v) is 17.7. The molecule has 0 aliphatic rings. The van der Waals surface area contributed by atoms with Crippen LogP contribution in [0.1, 0.15) is 16.1 Å². The molecule has 15 heteroatoms. The zero-order valence-electron chi connectivity index (χ0n) is 16.2. The molecular formula is C18H11Cl2N9O4. The standard InChI is InChI=1S/C18H11Cl2N9O4/c19-12-3-1-2-10(13(12)20)8-22-24-18(30)14-15(9-4-6-11(7-5-9)29(31)32)28(27-23-14)17-16(21)25-33-26-17/h1-8H,(H2,21,25)(H,24,30). The number of rotatable bonds is 6. The molecule has 0 fully saturated rings. The molecule has 3 N–H and O–H groups in total. The molecule has 166 valence electrons. The number of nitrogens with one attached hydrogen (secondary N) is 1. The van der Waals surface area contributed by atoms with Gasteiger partial charge in [0.2, 0.25) is 11.6 Å². The highest BCUT2D eigenvalue weighted by molar-refractivity contribution is 6.43. The van der Waals surface area contributed by atoms with Crippen molar-refractivity contribution in [3.05, 3.63) is 73.9 Å². The van der Waals surface area contributed by atoms with Crippen molar-refractivity contribution >= 4 is 46.8 Å². The van der Waals surface area contributed by atoms with E-state index in [1.165, 1.54) is 30.5 Å². The van der Waals surface area contributed by atoms with Crippen LogP contribution in [-0.4, -0.2) is 42.4 Å². The second-order valence-electron chi connectivity index (χ2n) is 6.32. The molecule has 0 saturated heterocycles. The van der Waals surface area contributed by atoms with Crippen molar-refractivity contribution in [3.8, 4) is 17.1 Å². The maximum atomic E-state index is 12.8. The van der Waals surface area contributed by atoms with Gasteiger partial charge in [-0.1, -0.05) is 40.5 Å². The predicted molar refractivity (Wildman–Crippen MR) is 117 cm³/mol. The molecule has 0 unspecified atom stereocenters. The van der Waals surface area contributed by atoms with Gasteiger partial charge >= 0.3 is 0 Å². The van der Waals surface area contributed by atoms with E-state index in [9.17, 15) is 14.9 Å². The topological polar surface area (TPSA) is 180 Å². The van der Waals surface area contributed by atoms with Gasteiger partial charge in [0.05, 0.1) is 21.2 Å². The lowest BCUT2D eigenvalue weighted by atomic mass is 10.1. The SMILES string of the molecule is Nc1nonc1-n1nnc(C(=O)NN=Cc2cccc(Cl)c2Cl)c1-c1ccc([N+](=O)[O-])cc1. The summed E-state index contributed by atoms with van der Waals surface area (Å²) in [5.41, 5.74) is 8.72. The number of hydrogen-bond donors (Lipinski definition) is 2. The van der Waals surface area contributed by atoms with E-state index in [1.54, 1.807) is 18.2 Å². The summed E-state index contributed by atoms with van der Waals surface area (Å²) in [7, 11) is 0. The third kappa shape index (κ3) is 4.35. The summed E-state index contributed by atoms with van der Waals surface area (Å²) in [4.78, 5) is 23.3. The lowest BCUT2D eigenvalue weighted by Crippen LogP contribution is -2.19. The number of nitrogens with zero attached hydrogens (tertiary/aromatic N) is 7. The molecule has 0 spiro atoms. The highest BCUT2D eigenvalue weighted by Gasteiger charge is 2.25. The van der Waals surface area contributed by atoms with Crippen LogP contribution in [0.2, 0.25) is 10.0 Å². The number of nitrogen functional groups attached to an aromatic ring is 1. The second kappa shape index (κ2) is 9.02. The van der Waals surface area contributed by atoms with Gasteiger partial charge in [-0.3, -0.25) is 14.9 Å². The van der Waals surface area contributed by atoms with Crippen LogP contribution in [0.4, 0.5) is 11.5 Å². The number of carbonyl (C=O) groups excluding carboxylic acids is 1. The Morgan fingerprint density at radius 3 is 2.64 bits per heavy atom. The smallest absolute Gasteiger partial charge is 0.294 e. The predicted octanol–water partition coefficient (Wildman–Crippen LogP) is 2.88. The number of carbonyl (C=O) groups is 1. The molecule has 0 aliphatic heterocycles. The normalized spacial score (nSPS) is 11.1. The van der Waals surface area contributed by atoms with E-state index in [0.29, 0.717) is 16.1 Å². The lowest BCUT2D eigenvalue weighted by molar-refractivity contribution is -0.384. The maximum absolute atomic E-state index is 12.8. The van der Waals surface area contributed by atoms with Crippen LogP contribution in [0, 0.1) is 10.1 Å². The average molecular weight is 488 g/mol. The molecule has 2 aromatic heterocycles. The summed E-state index contributed by atoms with van der Waals surface area (Å²) < 4.78 is 5.72. The van der Waals surface area contributed by atoms with E-state index < -0.39 is 10.8 Å². The Morgan fingerprint density at radius 1 is 1.21 bits per heavy atom. The molecule has 4 rings (SSSR count). The first-order valence-corrected chi connectivity index (χ1v) is 9.68. The quantitative estimate of drug-likeness (QED) is 0.234. The van der Waals surface area contributed by atoms with Crippen LogP contribution in [-0.2, 0) is 0 Å². The summed E-state index contributed by atoms with van der Waals surface area (Å²) in [5, 5.41) is 30.4. The van der Waals surface area contributed by atoms with Crippen molar-refractivity contribution in [2.75, 3.05) is 5.73 Å². The van der Waals surface area contributed by atoms with E-state index in [4.69, 9.17) is 28.9 Å². The van der Waals surface area contributed by atoms with Gasteiger partial charge in [0.15, 0.2) is 5.69 Å². The van der Waals surface area contributed by atoms with Gasteiger partial charge in [0, 0.05) is 23.3 Å². The number of nitro benzene ring substituents is 1. The van der Waals surface area contributed by atoms with Crippen molar-refractivity contribution in [2.45, 2.75) is 0 Å². The average Bonchev–Trinajstić information content (AvgIpc) is 3.42. The molecule has 1 amide bonds. The van der Waals surface area contributed by atoms with E-state index in [2.05, 4.69) is 35.8 Å². The largest absolute Gasteiger partial charge is 0.378 e. The van der Waals surface area contributed by atoms with Crippen molar-refractivity contribution in [2.24, 2.45) is 5.10 Å².